The smallest absolute Gasteiger partial charge is 0.317 e. The Morgan fingerprint density at radius 2 is 2.04 bits per heavy atom. The van der Waals surface area contributed by atoms with Gasteiger partial charge in [0.05, 0.1) is 5.52 Å². The molecule has 8 heteroatoms. The third-order valence-corrected chi connectivity index (χ3v) is 5.18. The van der Waals surface area contributed by atoms with Crippen LogP contribution in [0.5, 0.6) is 0 Å². The number of nitrogens with one attached hydrogen (secondary N) is 3. The van der Waals surface area contributed by atoms with Gasteiger partial charge in [0.1, 0.15) is 0 Å². The molecule has 27 heavy (non-hydrogen) atoms. The first-order chi connectivity index (χ1) is 13.1. The van der Waals surface area contributed by atoms with Crippen LogP contribution in [-0.4, -0.2) is 65.9 Å². The van der Waals surface area contributed by atoms with Crippen molar-refractivity contribution in [3.05, 3.63) is 30.0 Å². The molecule has 2 heterocycles. The molecule has 0 unspecified atom stereocenters. The van der Waals surface area contributed by atoms with Crippen molar-refractivity contribution in [1.29, 1.82) is 0 Å². The Bertz CT molecular complexity index is 795. The van der Waals surface area contributed by atoms with Crippen LogP contribution in [0.4, 0.5) is 4.79 Å². The van der Waals surface area contributed by atoms with E-state index in [4.69, 9.17) is 4.74 Å². The number of amides is 3. The lowest BCUT2D eigenvalue weighted by atomic mass is 9.84. The predicted octanol–water partition coefficient (Wildman–Crippen LogP) is 1.89. The highest BCUT2D eigenvalue weighted by atomic mass is 16.5. The van der Waals surface area contributed by atoms with Gasteiger partial charge in [-0.05, 0) is 32.3 Å². The number of carbonyl (C=O) groups excluding carboxylic acids is 2. The fraction of sp³-hybridized carbons (Fsp3) is 0.526. The van der Waals surface area contributed by atoms with Gasteiger partial charge in [0.15, 0.2) is 5.69 Å². The number of benzene rings is 1. The van der Waals surface area contributed by atoms with Crippen LogP contribution < -0.4 is 10.6 Å². The van der Waals surface area contributed by atoms with Crippen LogP contribution in [0.3, 0.4) is 0 Å². The molecule has 3 amide bonds. The van der Waals surface area contributed by atoms with Gasteiger partial charge in [-0.25, -0.2) is 4.79 Å². The van der Waals surface area contributed by atoms with E-state index in [0.717, 1.165) is 10.9 Å². The molecule has 1 saturated heterocycles. The van der Waals surface area contributed by atoms with Gasteiger partial charge >= 0.3 is 6.03 Å². The van der Waals surface area contributed by atoms with Crippen molar-refractivity contribution in [2.75, 3.05) is 33.4 Å². The number of carbonyl (C=O) groups is 2. The van der Waals surface area contributed by atoms with Crippen LogP contribution in [0.2, 0.25) is 0 Å². The minimum absolute atomic E-state index is 0.0533. The molecule has 1 aliphatic heterocycles. The first-order valence-electron chi connectivity index (χ1n) is 9.36. The number of hydrogen-bond donors (Lipinski definition) is 3. The van der Waals surface area contributed by atoms with Gasteiger partial charge in [-0.2, -0.15) is 5.10 Å². The number of urea groups is 1. The van der Waals surface area contributed by atoms with Crippen LogP contribution in [-0.2, 0) is 4.74 Å². The Morgan fingerprint density at radius 3 is 2.74 bits per heavy atom. The maximum absolute atomic E-state index is 12.9. The van der Waals surface area contributed by atoms with E-state index in [1.807, 2.05) is 31.2 Å². The summed E-state index contributed by atoms with van der Waals surface area (Å²) in [7, 11) is 1.65. The minimum atomic E-state index is -0.407. The molecule has 0 bridgehead atoms. The lowest BCUT2D eigenvalue weighted by Crippen LogP contribution is -2.57. The number of fused-ring (bicyclic) bond motifs is 1. The average Bonchev–Trinajstić information content (AvgIpc) is 3.11. The third-order valence-electron chi connectivity index (χ3n) is 5.18. The molecule has 146 valence electrons. The lowest BCUT2D eigenvalue weighted by Gasteiger charge is -2.42. The van der Waals surface area contributed by atoms with Crippen molar-refractivity contribution in [1.82, 2.24) is 25.7 Å². The molecule has 2 aromatic rings. The van der Waals surface area contributed by atoms with Gasteiger partial charge in [-0.3, -0.25) is 9.89 Å². The van der Waals surface area contributed by atoms with Crippen molar-refractivity contribution in [3.8, 4) is 0 Å². The van der Waals surface area contributed by atoms with Gasteiger partial charge in [0.25, 0.3) is 5.91 Å². The highest BCUT2D eigenvalue weighted by Crippen LogP contribution is 2.27. The van der Waals surface area contributed by atoms with E-state index in [9.17, 15) is 9.59 Å². The molecule has 1 aromatic heterocycles. The Kier molecular flexibility index (Phi) is 5.95. The summed E-state index contributed by atoms with van der Waals surface area (Å²) < 4.78 is 5.26. The maximum atomic E-state index is 12.9. The van der Waals surface area contributed by atoms with E-state index < -0.39 is 5.54 Å². The SMILES string of the molecule is CCNC(=O)N1CCC(CCOC)(NC(=O)c2n[nH]c3ccccc23)CC1. The van der Waals surface area contributed by atoms with Gasteiger partial charge in [-0.1, -0.05) is 18.2 Å². The van der Waals surface area contributed by atoms with Crippen molar-refractivity contribution >= 4 is 22.8 Å². The number of rotatable bonds is 6. The van der Waals surface area contributed by atoms with Gasteiger partial charge in [0.2, 0.25) is 0 Å². The van der Waals surface area contributed by atoms with Crippen LogP contribution >= 0.6 is 0 Å². The first-order valence-corrected chi connectivity index (χ1v) is 9.36. The number of aromatic nitrogens is 2. The molecule has 0 radical (unpaired) electrons. The van der Waals surface area contributed by atoms with Crippen LogP contribution in [0.25, 0.3) is 10.9 Å². The molecule has 1 fully saturated rings. The summed E-state index contributed by atoms with van der Waals surface area (Å²) in [6, 6.07) is 7.51. The van der Waals surface area contributed by atoms with Gasteiger partial charge in [0, 0.05) is 44.3 Å². The number of hydrogen-bond acceptors (Lipinski definition) is 4. The average molecular weight is 373 g/mol. The number of piperidine rings is 1. The number of H-pyrrole nitrogens is 1. The van der Waals surface area contributed by atoms with E-state index in [1.165, 1.54) is 0 Å². The number of methoxy groups -OCH3 is 1. The molecule has 1 aromatic carbocycles. The molecule has 8 nitrogen and oxygen atoms in total. The van der Waals surface area contributed by atoms with E-state index >= 15 is 0 Å². The molecular formula is C19H27N5O3. The molecule has 0 spiro atoms. The molecule has 3 N–H and O–H groups in total. The van der Waals surface area contributed by atoms with Crippen LogP contribution in [0, 0.1) is 0 Å². The topological polar surface area (TPSA) is 99.4 Å². The zero-order valence-corrected chi connectivity index (χ0v) is 15.9. The van der Waals surface area contributed by atoms with Crippen LogP contribution in [0.15, 0.2) is 24.3 Å². The second kappa shape index (κ2) is 8.39. The Morgan fingerprint density at radius 1 is 1.30 bits per heavy atom. The molecule has 3 rings (SSSR count). The monoisotopic (exact) mass is 373 g/mol. The largest absolute Gasteiger partial charge is 0.385 e. The van der Waals surface area contributed by atoms with Crippen molar-refractivity contribution in [2.45, 2.75) is 31.7 Å². The molecule has 0 aliphatic carbocycles. The van der Waals surface area contributed by atoms with Crippen molar-refractivity contribution < 1.29 is 14.3 Å². The lowest BCUT2D eigenvalue weighted by molar-refractivity contribution is 0.0743. The fourth-order valence-corrected chi connectivity index (χ4v) is 3.57. The second-order valence-electron chi connectivity index (χ2n) is 6.92. The number of aromatic amines is 1. The summed E-state index contributed by atoms with van der Waals surface area (Å²) in [5.41, 5.74) is 0.823. The second-order valence-corrected chi connectivity index (χ2v) is 6.92. The van der Waals surface area contributed by atoms with E-state index in [0.29, 0.717) is 51.2 Å². The quantitative estimate of drug-likeness (QED) is 0.720. The van der Waals surface area contributed by atoms with Crippen LogP contribution in [0.1, 0.15) is 36.7 Å². The van der Waals surface area contributed by atoms with Gasteiger partial charge in [-0.15, -0.1) is 0 Å². The molecular weight excluding hydrogens is 346 g/mol. The van der Waals surface area contributed by atoms with E-state index in [1.54, 1.807) is 12.0 Å². The fourth-order valence-electron chi connectivity index (χ4n) is 3.57. The normalized spacial score (nSPS) is 16.3. The van der Waals surface area contributed by atoms with E-state index in [-0.39, 0.29) is 11.9 Å². The molecule has 1 aliphatic rings. The molecule has 0 saturated carbocycles. The maximum Gasteiger partial charge on any atom is 0.317 e. The Labute approximate surface area is 158 Å². The molecule has 0 atom stereocenters. The summed E-state index contributed by atoms with van der Waals surface area (Å²) in [6.07, 6.45) is 2.06. The van der Waals surface area contributed by atoms with Gasteiger partial charge < -0.3 is 20.3 Å². The number of ether oxygens (including phenoxy) is 1. The number of para-hydroxylation sites is 1. The Balaban J connectivity index is 1.73. The summed E-state index contributed by atoms with van der Waals surface area (Å²) >= 11 is 0. The Hall–Kier alpha value is -2.61. The number of likely N-dealkylation sites (tertiary alicyclic amines) is 1. The minimum Gasteiger partial charge on any atom is -0.385 e. The van der Waals surface area contributed by atoms with Crippen molar-refractivity contribution in [3.63, 3.8) is 0 Å². The summed E-state index contributed by atoms with van der Waals surface area (Å²) in [5.74, 6) is -0.199. The highest BCUT2D eigenvalue weighted by molar-refractivity contribution is 6.04. The third kappa shape index (κ3) is 4.21. The summed E-state index contributed by atoms with van der Waals surface area (Å²) in [6.45, 7) is 4.24. The first kappa shape index (κ1) is 19.2. The zero-order valence-electron chi connectivity index (χ0n) is 15.9. The van der Waals surface area contributed by atoms with E-state index in [2.05, 4.69) is 20.8 Å². The standard InChI is InChI=1S/C19H27N5O3/c1-3-20-18(26)24-11-8-19(9-12-24,10-13-27-2)21-17(25)16-14-6-4-5-7-15(14)22-23-16/h4-7H,3,8-13H2,1-2H3,(H,20,26)(H,21,25)(H,22,23). The highest BCUT2D eigenvalue weighted by Gasteiger charge is 2.37. The number of nitrogens with zero attached hydrogens (tertiary/aromatic N) is 2. The zero-order chi connectivity index (χ0) is 19.3. The predicted molar refractivity (Wildman–Crippen MR) is 103 cm³/mol. The van der Waals surface area contributed by atoms with Crippen molar-refractivity contribution in [2.24, 2.45) is 0 Å². The summed E-state index contributed by atoms with van der Waals surface area (Å²) in [5, 5.41) is 13.9. The summed E-state index contributed by atoms with van der Waals surface area (Å²) in [4.78, 5) is 26.8.